The van der Waals surface area contributed by atoms with Gasteiger partial charge < -0.3 is 0 Å². The number of aryl methyl sites for hydroxylation is 10. The van der Waals surface area contributed by atoms with E-state index in [1.165, 1.54) is 72.8 Å². The maximum absolute atomic E-state index is 4.68. The van der Waals surface area contributed by atoms with Gasteiger partial charge in [0.25, 0.3) is 0 Å². The summed E-state index contributed by atoms with van der Waals surface area (Å²) < 4.78 is 8.64. The Bertz CT molecular complexity index is 4270. The van der Waals surface area contributed by atoms with E-state index in [1.807, 2.05) is 49.8 Å². The molecule has 0 aliphatic carbocycles. The Morgan fingerprint density at radius 3 is 1.09 bits per heavy atom. The number of pyridine rings is 5. The summed E-state index contributed by atoms with van der Waals surface area (Å²) in [5.74, 6) is 2.88. The first-order valence-corrected chi connectivity index (χ1v) is 29.2. The monoisotopic (exact) mass is 1130 g/mol. The second kappa shape index (κ2) is 28.4. The van der Waals surface area contributed by atoms with Gasteiger partial charge in [-0.05, 0) is 130 Å². The second-order valence-corrected chi connectivity index (χ2v) is 21.8. The van der Waals surface area contributed by atoms with Crippen molar-refractivity contribution in [2.45, 2.75) is 67.7 Å². The van der Waals surface area contributed by atoms with E-state index in [0.717, 1.165) is 63.2 Å². The zero-order valence-corrected chi connectivity index (χ0v) is 51.6. The lowest BCUT2D eigenvalue weighted by Gasteiger charge is -2.07. The lowest BCUT2D eigenvalue weighted by molar-refractivity contribution is -0.660. The molecular weight excluding hydrogens is 1050 g/mol. The molecule has 11 nitrogen and oxygen atoms in total. The highest BCUT2D eigenvalue weighted by Crippen LogP contribution is 2.27. The number of hydrogen-bond acceptors (Lipinski definition) is 7. The fraction of sp³-hybridized carbons (Fsp3) is 0.187. The van der Waals surface area contributed by atoms with Gasteiger partial charge in [0.1, 0.15) is 45.7 Å². The highest BCUT2D eigenvalue weighted by atomic mass is 15.0. The van der Waals surface area contributed by atoms with Crippen molar-refractivity contribution in [1.82, 2.24) is 34.9 Å². The van der Waals surface area contributed by atoms with Gasteiger partial charge in [-0.3, -0.25) is 4.98 Å². The van der Waals surface area contributed by atoms with Crippen molar-refractivity contribution in [3.8, 4) is 89.9 Å². The van der Waals surface area contributed by atoms with Crippen LogP contribution in [0.5, 0.6) is 0 Å². The average Bonchev–Trinajstić information content (AvgIpc) is 3.46. The van der Waals surface area contributed by atoms with E-state index >= 15 is 0 Å². The van der Waals surface area contributed by atoms with Crippen molar-refractivity contribution in [2.75, 3.05) is 0 Å². The first-order chi connectivity index (χ1) is 41.6. The summed E-state index contributed by atoms with van der Waals surface area (Å²) in [7, 11) is 8.31. The highest BCUT2D eigenvalue weighted by Gasteiger charge is 2.19. The maximum atomic E-state index is 4.68. The molecule has 0 saturated carbocycles. The van der Waals surface area contributed by atoms with Crippen LogP contribution in [0.1, 0.15) is 66.4 Å². The summed E-state index contributed by atoms with van der Waals surface area (Å²) in [5, 5.41) is 0. The van der Waals surface area contributed by atoms with Gasteiger partial charge in [-0.15, -0.1) is 0 Å². The van der Waals surface area contributed by atoms with Crippen molar-refractivity contribution in [1.29, 1.82) is 0 Å². The number of hydrogen-bond donors (Lipinski definition) is 0. The Morgan fingerprint density at radius 1 is 0.349 bits per heavy atom. The molecule has 0 bridgehead atoms. The van der Waals surface area contributed by atoms with Crippen molar-refractivity contribution in [3.63, 3.8) is 0 Å². The van der Waals surface area contributed by atoms with Gasteiger partial charge in [0.05, 0.1) is 33.8 Å². The van der Waals surface area contributed by atoms with Gasteiger partial charge in [-0.2, -0.15) is 0 Å². The van der Waals surface area contributed by atoms with E-state index in [0.29, 0.717) is 5.92 Å². The molecule has 8 aromatic heterocycles. The van der Waals surface area contributed by atoms with Crippen LogP contribution < -0.4 is 18.3 Å². The molecule has 0 unspecified atom stereocenters. The van der Waals surface area contributed by atoms with Crippen LogP contribution in [0.25, 0.3) is 89.9 Å². The first kappa shape index (κ1) is 60.5. The zero-order valence-electron chi connectivity index (χ0n) is 51.6. The third-order valence-electron chi connectivity index (χ3n) is 15.1. The van der Waals surface area contributed by atoms with Gasteiger partial charge in [0, 0.05) is 101 Å². The van der Waals surface area contributed by atoms with Gasteiger partial charge in [-0.1, -0.05) is 99.6 Å². The lowest BCUT2D eigenvalue weighted by atomic mass is 10.0. The molecule has 8 heterocycles. The summed E-state index contributed by atoms with van der Waals surface area (Å²) in [4.78, 5) is 30.7. The molecule has 0 fully saturated rings. The quantitative estimate of drug-likeness (QED) is 0.126. The van der Waals surface area contributed by atoms with Gasteiger partial charge in [0.15, 0.2) is 24.8 Å². The Hall–Kier alpha value is -10.1. The molecule has 0 aliphatic rings. The summed E-state index contributed by atoms with van der Waals surface area (Å²) in [5.41, 5.74) is 23.5. The predicted octanol–water partition coefficient (Wildman–Crippen LogP) is 14.4. The molecule has 0 radical (unpaired) electrons. The summed E-state index contributed by atoms with van der Waals surface area (Å²) >= 11 is 0. The van der Waals surface area contributed by atoms with E-state index in [4.69, 9.17) is 0 Å². The summed E-state index contributed by atoms with van der Waals surface area (Å²) in [6, 6.07) is 60.9. The molecule has 11 heteroatoms. The number of benzene rings is 4. The van der Waals surface area contributed by atoms with Gasteiger partial charge >= 0.3 is 0 Å². The normalized spacial score (nSPS) is 10.7. The lowest BCUT2D eigenvalue weighted by Crippen LogP contribution is -2.31. The molecular formula is C75H77N11+4. The molecule has 0 spiro atoms. The van der Waals surface area contributed by atoms with Crippen LogP contribution in [-0.2, 0) is 34.6 Å². The minimum absolute atomic E-state index is 0.329. The average molecular weight is 1130 g/mol. The second-order valence-electron chi connectivity index (χ2n) is 21.8. The topological polar surface area (TPSA) is 106 Å². The van der Waals surface area contributed by atoms with E-state index < -0.39 is 0 Å². The Kier molecular flexibility index (Phi) is 20.0. The largest absolute Gasteiger partial charge is 0.264 e. The summed E-state index contributed by atoms with van der Waals surface area (Å²) in [6.07, 6.45) is 18.5. The van der Waals surface area contributed by atoms with E-state index in [1.54, 1.807) is 12.4 Å². The molecule has 4 aromatic carbocycles. The molecule has 12 rings (SSSR count). The fourth-order valence-electron chi connectivity index (χ4n) is 10.3. The predicted molar refractivity (Wildman–Crippen MR) is 346 cm³/mol. The molecule has 0 aliphatic heterocycles. The molecule has 86 heavy (non-hydrogen) atoms. The number of aromatic nitrogens is 11. The van der Waals surface area contributed by atoms with Crippen LogP contribution in [0.2, 0.25) is 0 Å². The highest BCUT2D eigenvalue weighted by molar-refractivity contribution is 5.68. The Labute approximate surface area is 507 Å². The zero-order chi connectivity index (χ0) is 60.7. The van der Waals surface area contributed by atoms with Crippen LogP contribution in [0.15, 0.2) is 232 Å². The minimum Gasteiger partial charge on any atom is -0.264 e. The van der Waals surface area contributed by atoms with Crippen LogP contribution in [-0.4, -0.2) is 34.9 Å². The number of rotatable bonds is 10. The standard InChI is InChI=1S/C20H22N3.C19H20N3.C18H18N3.C18H17N2/c1-14(2)20-21-12-11-18(22-20)16-9-10-19(23(4)13-16)17-8-6-5-7-15(17)3;1-4-19-20-12-11-17(21-19)15-9-10-18(22(3)13-15)16-8-6-5-7-14(16)2;1-13-6-4-5-7-16(13)18-9-8-15(12-21(18)3)17-10-11-19-14(2)20-17;1-14-6-3-4-8-17(14)18-10-9-16(13-20(18)2)15-7-5-11-19-12-15/h5-14H,1-4H3;5-13H,4H2,1-3H3;4-12H,1-3H3;3-13H,1-2H3/q4*+1. The fourth-order valence-corrected chi connectivity index (χ4v) is 10.3. The van der Waals surface area contributed by atoms with Gasteiger partial charge in [0.2, 0.25) is 22.8 Å². The Balaban J connectivity index is 0.000000137. The summed E-state index contributed by atoms with van der Waals surface area (Å²) in [6.45, 7) is 16.8. The molecule has 0 amide bonds. The third kappa shape index (κ3) is 15.0. The van der Waals surface area contributed by atoms with E-state index in [9.17, 15) is 0 Å². The van der Waals surface area contributed by atoms with Crippen LogP contribution in [0.3, 0.4) is 0 Å². The van der Waals surface area contributed by atoms with Crippen molar-refractivity contribution >= 4 is 0 Å². The van der Waals surface area contributed by atoms with Crippen LogP contribution in [0.4, 0.5) is 0 Å². The Morgan fingerprint density at radius 2 is 0.721 bits per heavy atom. The van der Waals surface area contributed by atoms with E-state index in [2.05, 4.69) is 306 Å². The van der Waals surface area contributed by atoms with Crippen LogP contribution >= 0.6 is 0 Å². The van der Waals surface area contributed by atoms with Crippen molar-refractivity contribution in [2.24, 2.45) is 28.2 Å². The maximum Gasteiger partial charge on any atom is 0.212 e. The molecule has 428 valence electrons. The molecule has 0 N–H and O–H groups in total. The molecule has 0 atom stereocenters. The van der Waals surface area contributed by atoms with E-state index in [-0.39, 0.29) is 0 Å². The molecule has 12 aromatic rings. The van der Waals surface area contributed by atoms with Crippen molar-refractivity contribution < 1.29 is 18.3 Å². The number of nitrogens with zero attached hydrogens (tertiary/aromatic N) is 11. The van der Waals surface area contributed by atoms with Crippen molar-refractivity contribution in [3.05, 3.63) is 271 Å². The molecule has 0 saturated heterocycles. The SMILES string of the molecule is CCc1nccc(-c2ccc(-c3ccccc3C)[n+](C)c2)n1.Cc1ccccc1-c1ccc(-c2cccnc2)c[n+]1C.Cc1ccccc1-c1ccc(-c2ccnc(C(C)C)n2)c[n+]1C.Cc1nccc(-c2ccc(-c3ccccc3C)[n+](C)c2)n1. The first-order valence-electron chi connectivity index (χ1n) is 29.2. The van der Waals surface area contributed by atoms with Crippen LogP contribution in [0, 0.1) is 34.6 Å². The minimum atomic E-state index is 0.329. The third-order valence-corrected chi connectivity index (χ3v) is 15.1. The van der Waals surface area contributed by atoms with Gasteiger partial charge in [-0.25, -0.2) is 48.2 Å². The smallest absolute Gasteiger partial charge is 0.212 e.